The van der Waals surface area contributed by atoms with E-state index in [1.807, 2.05) is 6.92 Å². The number of hydrogen-bond acceptors (Lipinski definition) is 4. The van der Waals surface area contributed by atoms with Crippen molar-refractivity contribution in [3.8, 4) is 17.0 Å². The van der Waals surface area contributed by atoms with Gasteiger partial charge in [0.05, 0.1) is 15.7 Å². The summed E-state index contributed by atoms with van der Waals surface area (Å²) in [6.45, 7) is 1.81. The molecule has 0 aliphatic carbocycles. The molecule has 0 aliphatic rings. The SMILES string of the molecule is Cc1nc2c(=O)c(O)c(-c3ccccc3Cl)[nH]c2s1. The molecule has 2 aromatic heterocycles. The van der Waals surface area contributed by atoms with Crippen LogP contribution in [0.2, 0.25) is 5.02 Å². The number of benzene rings is 1. The van der Waals surface area contributed by atoms with Crippen LogP contribution in [0.3, 0.4) is 0 Å². The molecule has 19 heavy (non-hydrogen) atoms. The van der Waals surface area contributed by atoms with Gasteiger partial charge in [-0.1, -0.05) is 29.8 Å². The van der Waals surface area contributed by atoms with E-state index in [9.17, 15) is 9.90 Å². The van der Waals surface area contributed by atoms with Crippen molar-refractivity contribution >= 4 is 33.3 Å². The second-order valence-corrected chi connectivity index (χ2v) is 5.68. The van der Waals surface area contributed by atoms with E-state index >= 15 is 0 Å². The number of pyridine rings is 1. The summed E-state index contributed by atoms with van der Waals surface area (Å²) in [7, 11) is 0. The topological polar surface area (TPSA) is 66.0 Å². The molecule has 0 amide bonds. The molecular formula is C13H9ClN2O2S. The largest absolute Gasteiger partial charge is 0.503 e. The van der Waals surface area contributed by atoms with Crippen LogP contribution < -0.4 is 5.43 Å². The molecule has 1 aromatic carbocycles. The fraction of sp³-hybridized carbons (Fsp3) is 0.0769. The minimum Gasteiger partial charge on any atom is -0.503 e. The maximum absolute atomic E-state index is 12.1. The number of nitrogens with zero attached hydrogens (tertiary/aromatic N) is 1. The first-order valence-electron chi connectivity index (χ1n) is 5.55. The molecule has 4 nitrogen and oxygen atoms in total. The van der Waals surface area contributed by atoms with Gasteiger partial charge in [0.1, 0.15) is 10.3 Å². The molecule has 0 spiro atoms. The molecule has 0 bridgehead atoms. The smallest absolute Gasteiger partial charge is 0.250 e. The van der Waals surface area contributed by atoms with Crippen molar-refractivity contribution in [3.63, 3.8) is 0 Å². The summed E-state index contributed by atoms with van der Waals surface area (Å²) in [4.78, 5) is 19.9. The Morgan fingerprint density at radius 3 is 2.84 bits per heavy atom. The number of aromatic nitrogens is 2. The van der Waals surface area contributed by atoms with E-state index in [-0.39, 0.29) is 11.3 Å². The van der Waals surface area contributed by atoms with E-state index < -0.39 is 5.43 Å². The normalized spacial score (nSPS) is 11.1. The van der Waals surface area contributed by atoms with Crippen molar-refractivity contribution in [2.75, 3.05) is 0 Å². The Morgan fingerprint density at radius 1 is 1.37 bits per heavy atom. The van der Waals surface area contributed by atoms with Crippen molar-refractivity contribution in [2.45, 2.75) is 6.92 Å². The van der Waals surface area contributed by atoms with Crippen molar-refractivity contribution in [1.29, 1.82) is 0 Å². The average molecular weight is 293 g/mol. The van der Waals surface area contributed by atoms with Gasteiger partial charge in [-0.05, 0) is 13.0 Å². The second kappa shape index (κ2) is 4.36. The van der Waals surface area contributed by atoms with Crippen LogP contribution in [0, 0.1) is 6.92 Å². The highest BCUT2D eigenvalue weighted by Crippen LogP contribution is 2.32. The minimum atomic E-state index is -0.479. The maximum Gasteiger partial charge on any atom is 0.250 e. The summed E-state index contributed by atoms with van der Waals surface area (Å²) in [5, 5.41) is 11.3. The molecular weight excluding hydrogens is 284 g/mol. The summed E-state index contributed by atoms with van der Waals surface area (Å²) < 4.78 is 0. The van der Waals surface area contributed by atoms with Crippen molar-refractivity contribution in [1.82, 2.24) is 9.97 Å². The molecule has 2 heterocycles. The number of aromatic amines is 1. The Balaban J connectivity index is 2.39. The zero-order valence-electron chi connectivity index (χ0n) is 9.90. The van der Waals surface area contributed by atoms with Crippen molar-refractivity contribution in [3.05, 3.63) is 44.5 Å². The summed E-state index contributed by atoms with van der Waals surface area (Å²) in [5.74, 6) is -0.356. The number of thiazole rings is 1. The third-order valence-electron chi connectivity index (χ3n) is 2.78. The van der Waals surface area contributed by atoms with Gasteiger partial charge in [0, 0.05) is 5.56 Å². The summed E-state index contributed by atoms with van der Waals surface area (Å²) >= 11 is 7.46. The quantitative estimate of drug-likeness (QED) is 0.723. The number of hydrogen-bond donors (Lipinski definition) is 2. The van der Waals surface area contributed by atoms with Crippen LogP contribution in [0.15, 0.2) is 29.1 Å². The first-order chi connectivity index (χ1) is 9.08. The monoisotopic (exact) mass is 292 g/mol. The molecule has 3 rings (SSSR count). The van der Waals surface area contributed by atoms with Crippen LogP contribution in [-0.2, 0) is 0 Å². The molecule has 0 saturated carbocycles. The Labute approximate surface area is 117 Å². The number of halogens is 1. The van der Waals surface area contributed by atoms with E-state index in [4.69, 9.17) is 11.6 Å². The molecule has 0 atom stereocenters. The van der Waals surface area contributed by atoms with E-state index in [1.165, 1.54) is 11.3 Å². The Kier molecular flexibility index (Phi) is 2.80. The van der Waals surface area contributed by atoms with Gasteiger partial charge in [-0.2, -0.15) is 0 Å². The van der Waals surface area contributed by atoms with Crippen LogP contribution >= 0.6 is 22.9 Å². The lowest BCUT2D eigenvalue weighted by atomic mass is 10.1. The van der Waals surface area contributed by atoms with E-state index in [0.29, 0.717) is 21.1 Å². The van der Waals surface area contributed by atoms with Crippen LogP contribution in [0.4, 0.5) is 0 Å². The number of fused-ring (bicyclic) bond motifs is 1. The first kappa shape index (κ1) is 12.2. The Morgan fingerprint density at radius 2 is 2.11 bits per heavy atom. The molecule has 0 fully saturated rings. The van der Waals surface area contributed by atoms with Crippen LogP contribution in [0.25, 0.3) is 21.6 Å². The molecule has 96 valence electrons. The predicted molar refractivity (Wildman–Crippen MR) is 77.1 cm³/mol. The highest BCUT2D eigenvalue weighted by atomic mass is 35.5. The van der Waals surface area contributed by atoms with Gasteiger partial charge in [0.15, 0.2) is 5.75 Å². The first-order valence-corrected chi connectivity index (χ1v) is 6.74. The standard InChI is InChI=1S/C13H9ClN2O2S/c1-6-15-10-12(18)11(17)9(16-13(10)19-6)7-4-2-3-5-8(7)14/h2-5,17H,1H3,(H,16,18). The van der Waals surface area contributed by atoms with Gasteiger partial charge in [0.25, 0.3) is 5.43 Å². The zero-order chi connectivity index (χ0) is 13.6. The molecule has 2 N–H and O–H groups in total. The number of aromatic hydroxyl groups is 1. The lowest BCUT2D eigenvalue weighted by Gasteiger charge is -2.06. The Bertz CT molecular complexity index is 838. The molecule has 3 aromatic rings. The number of aryl methyl sites for hydroxylation is 1. The second-order valence-electron chi connectivity index (χ2n) is 4.07. The van der Waals surface area contributed by atoms with Gasteiger partial charge in [-0.15, -0.1) is 11.3 Å². The average Bonchev–Trinajstić information content (AvgIpc) is 2.76. The molecule has 0 unspecified atom stereocenters. The van der Waals surface area contributed by atoms with Gasteiger partial charge in [0.2, 0.25) is 0 Å². The fourth-order valence-electron chi connectivity index (χ4n) is 1.92. The van der Waals surface area contributed by atoms with Crippen molar-refractivity contribution in [2.24, 2.45) is 0 Å². The predicted octanol–water partition coefficient (Wildman–Crippen LogP) is 3.32. The number of H-pyrrole nitrogens is 1. The summed E-state index contributed by atoms with van der Waals surface area (Å²) in [6.07, 6.45) is 0. The Hall–Kier alpha value is -1.85. The zero-order valence-corrected chi connectivity index (χ0v) is 11.5. The number of nitrogens with one attached hydrogen (secondary N) is 1. The van der Waals surface area contributed by atoms with Gasteiger partial charge < -0.3 is 10.1 Å². The number of rotatable bonds is 1. The lowest BCUT2D eigenvalue weighted by molar-refractivity contribution is 0.471. The van der Waals surface area contributed by atoms with Crippen LogP contribution in [0.1, 0.15) is 5.01 Å². The molecule has 6 heteroatoms. The third kappa shape index (κ3) is 1.91. The molecule has 0 aliphatic heterocycles. The minimum absolute atomic E-state index is 0.260. The van der Waals surface area contributed by atoms with Gasteiger partial charge in [-0.3, -0.25) is 4.79 Å². The van der Waals surface area contributed by atoms with E-state index in [2.05, 4.69) is 9.97 Å². The summed E-state index contributed by atoms with van der Waals surface area (Å²) in [6, 6.07) is 7.03. The summed E-state index contributed by atoms with van der Waals surface area (Å²) in [5.41, 5.74) is 0.697. The van der Waals surface area contributed by atoms with E-state index in [1.54, 1.807) is 24.3 Å². The third-order valence-corrected chi connectivity index (χ3v) is 4.00. The maximum atomic E-state index is 12.1. The highest BCUT2D eigenvalue weighted by Gasteiger charge is 2.16. The molecule has 0 saturated heterocycles. The van der Waals surface area contributed by atoms with Gasteiger partial charge in [-0.25, -0.2) is 4.98 Å². The van der Waals surface area contributed by atoms with Crippen LogP contribution in [-0.4, -0.2) is 15.1 Å². The lowest BCUT2D eigenvalue weighted by Crippen LogP contribution is -2.04. The highest BCUT2D eigenvalue weighted by molar-refractivity contribution is 7.18. The van der Waals surface area contributed by atoms with E-state index in [0.717, 1.165) is 5.01 Å². The fourth-order valence-corrected chi connectivity index (χ4v) is 2.97. The molecule has 0 radical (unpaired) electrons. The van der Waals surface area contributed by atoms with Crippen molar-refractivity contribution < 1.29 is 5.11 Å². The van der Waals surface area contributed by atoms with Crippen LogP contribution in [0.5, 0.6) is 5.75 Å². The van der Waals surface area contributed by atoms with Gasteiger partial charge >= 0.3 is 0 Å².